The van der Waals surface area contributed by atoms with Gasteiger partial charge in [0.2, 0.25) is 0 Å². The molecule has 0 spiro atoms. The molecule has 0 aliphatic carbocycles. The van der Waals surface area contributed by atoms with Crippen molar-refractivity contribution in [3.05, 3.63) is 57.5 Å². The van der Waals surface area contributed by atoms with E-state index in [1.165, 1.54) is 0 Å². The van der Waals surface area contributed by atoms with E-state index >= 15 is 0 Å². The van der Waals surface area contributed by atoms with Crippen molar-refractivity contribution >= 4 is 56.2 Å². The Hall–Kier alpha value is -1.10. The van der Waals surface area contributed by atoms with Gasteiger partial charge in [-0.3, -0.25) is 0 Å². The monoisotopic (exact) mass is 368 g/mol. The summed E-state index contributed by atoms with van der Waals surface area (Å²) in [6, 6.07) is 13.6. The Balaban J connectivity index is 2.06. The third-order valence-electron chi connectivity index (χ3n) is 2.80. The molecule has 20 heavy (non-hydrogen) atoms. The lowest BCUT2D eigenvalue weighted by atomic mass is 10.1. The van der Waals surface area contributed by atoms with Gasteiger partial charge < -0.3 is 10.6 Å². The molecule has 5 heteroatoms. The normalized spacial score (nSPS) is 10.2. The third-order valence-corrected chi connectivity index (χ3v) is 3.77. The van der Waals surface area contributed by atoms with Gasteiger partial charge in [-0.2, -0.15) is 0 Å². The first-order chi connectivity index (χ1) is 9.58. The molecule has 0 aliphatic heterocycles. The summed E-state index contributed by atoms with van der Waals surface area (Å²) in [5, 5.41) is 7.65. The maximum Gasteiger partial charge on any atom is 0.175 e. The average molecular weight is 370 g/mol. The SMILES string of the molecule is CCc1cc(Cl)ccc1NC(=S)Nc1ccc(Br)cc1. The Morgan fingerprint density at radius 1 is 1.15 bits per heavy atom. The summed E-state index contributed by atoms with van der Waals surface area (Å²) in [5.74, 6) is 0. The van der Waals surface area contributed by atoms with Crippen molar-refractivity contribution in [1.29, 1.82) is 0 Å². The van der Waals surface area contributed by atoms with Crippen molar-refractivity contribution < 1.29 is 0 Å². The minimum Gasteiger partial charge on any atom is -0.332 e. The predicted octanol–water partition coefficient (Wildman–Crippen LogP) is 5.47. The summed E-state index contributed by atoms with van der Waals surface area (Å²) in [6.45, 7) is 2.09. The average Bonchev–Trinajstić information content (AvgIpc) is 2.43. The summed E-state index contributed by atoms with van der Waals surface area (Å²) in [5.41, 5.74) is 3.06. The van der Waals surface area contributed by atoms with Crippen molar-refractivity contribution in [1.82, 2.24) is 0 Å². The second kappa shape index (κ2) is 7.07. The zero-order valence-corrected chi connectivity index (χ0v) is 14.1. The van der Waals surface area contributed by atoms with Gasteiger partial charge in [0, 0.05) is 20.9 Å². The number of thiocarbonyl (C=S) groups is 1. The van der Waals surface area contributed by atoms with Gasteiger partial charge in [-0.1, -0.05) is 34.5 Å². The van der Waals surface area contributed by atoms with Crippen LogP contribution in [0.4, 0.5) is 11.4 Å². The minimum atomic E-state index is 0.560. The Labute approximate surface area is 137 Å². The Morgan fingerprint density at radius 3 is 2.50 bits per heavy atom. The molecule has 2 aromatic rings. The van der Waals surface area contributed by atoms with Crippen molar-refractivity contribution in [2.75, 3.05) is 10.6 Å². The van der Waals surface area contributed by atoms with Gasteiger partial charge in [0.1, 0.15) is 0 Å². The molecule has 0 aliphatic rings. The molecular formula is C15H14BrClN2S. The first-order valence-corrected chi connectivity index (χ1v) is 7.78. The number of nitrogens with one attached hydrogen (secondary N) is 2. The highest BCUT2D eigenvalue weighted by atomic mass is 79.9. The molecule has 2 rings (SSSR count). The van der Waals surface area contributed by atoms with E-state index < -0.39 is 0 Å². The third kappa shape index (κ3) is 4.20. The summed E-state index contributed by atoms with van der Waals surface area (Å²) >= 11 is 14.7. The van der Waals surface area contributed by atoms with E-state index in [9.17, 15) is 0 Å². The fraction of sp³-hybridized carbons (Fsp3) is 0.133. The van der Waals surface area contributed by atoms with Crippen molar-refractivity contribution in [3.8, 4) is 0 Å². The molecule has 0 bridgehead atoms. The summed E-state index contributed by atoms with van der Waals surface area (Å²) in [4.78, 5) is 0. The maximum atomic E-state index is 6.00. The molecule has 2 N–H and O–H groups in total. The number of aryl methyl sites for hydroxylation is 1. The topological polar surface area (TPSA) is 24.1 Å². The number of anilines is 2. The molecule has 2 aromatic carbocycles. The number of halogens is 2. The Morgan fingerprint density at radius 2 is 1.85 bits per heavy atom. The molecule has 0 fully saturated rings. The lowest BCUT2D eigenvalue weighted by Crippen LogP contribution is -2.19. The minimum absolute atomic E-state index is 0.560. The van der Waals surface area contributed by atoms with Crippen LogP contribution in [0.1, 0.15) is 12.5 Å². The zero-order chi connectivity index (χ0) is 14.5. The Bertz CT molecular complexity index is 614. The number of hydrogen-bond acceptors (Lipinski definition) is 1. The largest absolute Gasteiger partial charge is 0.332 e. The van der Waals surface area contributed by atoms with Gasteiger partial charge in [-0.15, -0.1) is 0 Å². The number of rotatable bonds is 3. The van der Waals surface area contributed by atoms with E-state index in [0.29, 0.717) is 5.11 Å². The molecule has 2 nitrogen and oxygen atoms in total. The van der Waals surface area contributed by atoms with Crippen LogP contribution in [0, 0.1) is 0 Å². The standard InChI is InChI=1S/C15H14BrClN2S/c1-2-10-9-12(17)5-8-14(10)19-15(20)18-13-6-3-11(16)4-7-13/h3-9H,2H2,1H3,(H2,18,19,20). The van der Waals surface area contributed by atoms with Gasteiger partial charge in [0.15, 0.2) is 5.11 Å². The van der Waals surface area contributed by atoms with Crippen molar-refractivity contribution in [2.45, 2.75) is 13.3 Å². The molecule has 0 aromatic heterocycles. The van der Waals surface area contributed by atoms with E-state index in [1.54, 1.807) is 0 Å². The maximum absolute atomic E-state index is 6.00. The molecule has 0 heterocycles. The van der Waals surface area contributed by atoms with Gasteiger partial charge in [0.25, 0.3) is 0 Å². The quantitative estimate of drug-likeness (QED) is 0.701. The molecule has 0 amide bonds. The van der Waals surface area contributed by atoms with Gasteiger partial charge >= 0.3 is 0 Å². The molecular weight excluding hydrogens is 356 g/mol. The number of benzene rings is 2. The predicted molar refractivity (Wildman–Crippen MR) is 94.8 cm³/mol. The first-order valence-electron chi connectivity index (χ1n) is 6.20. The molecule has 0 saturated carbocycles. The van der Waals surface area contributed by atoms with Crippen LogP contribution in [0.25, 0.3) is 0 Å². The van der Waals surface area contributed by atoms with Crippen LogP contribution in [0.2, 0.25) is 5.02 Å². The Kier molecular flexibility index (Phi) is 5.40. The smallest absolute Gasteiger partial charge is 0.175 e. The van der Waals surface area contributed by atoms with E-state index in [4.69, 9.17) is 23.8 Å². The van der Waals surface area contributed by atoms with Crippen LogP contribution in [-0.2, 0) is 6.42 Å². The van der Waals surface area contributed by atoms with Crippen LogP contribution in [0.15, 0.2) is 46.9 Å². The highest BCUT2D eigenvalue weighted by Crippen LogP contribution is 2.21. The second-order valence-electron chi connectivity index (χ2n) is 4.24. The zero-order valence-electron chi connectivity index (χ0n) is 10.9. The second-order valence-corrected chi connectivity index (χ2v) is 6.00. The van der Waals surface area contributed by atoms with Crippen LogP contribution in [0.5, 0.6) is 0 Å². The van der Waals surface area contributed by atoms with Gasteiger partial charge in [-0.05, 0) is 66.7 Å². The van der Waals surface area contributed by atoms with Crippen molar-refractivity contribution in [3.63, 3.8) is 0 Å². The molecule has 0 radical (unpaired) electrons. The summed E-state index contributed by atoms with van der Waals surface area (Å²) in [6.07, 6.45) is 0.893. The van der Waals surface area contributed by atoms with E-state index in [1.807, 2.05) is 42.5 Å². The number of hydrogen-bond donors (Lipinski definition) is 2. The molecule has 0 unspecified atom stereocenters. The highest BCUT2D eigenvalue weighted by molar-refractivity contribution is 9.10. The highest BCUT2D eigenvalue weighted by Gasteiger charge is 2.04. The van der Waals surface area contributed by atoms with E-state index in [2.05, 4.69) is 33.5 Å². The van der Waals surface area contributed by atoms with Crippen LogP contribution < -0.4 is 10.6 Å². The van der Waals surface area contributed by atoms with Gasteiger partial charge in [-0.25, -0.2) is 0 Å². The van der Waals surface area contributed by atoms with Crippen LogP contribution in [0.3, 0.4) is 0 Å². The van der Waals surface area contributed by atoms with E-state index in [0.717, 1.165) is 32.9 Å². The van der Waals surface area contributed by atoms with E-state index in [-0.39, 0.29) is 0 Å². The fourth-order valence-electron chi connectivity index (χ4n) is 1.79. The summed E-state index contributed by atoms with van der Waals surface area (Å²) in [7, 11) is 0. The molecule has 104 valence electrons. The van der Waals surface area contributed by atoms with Crippen LogP contribution >= 0.6 is 39.7 Å². The van der Waals surface area contributed by atoms with Crippen LogP contribution in [-0.4, -0.2) is 5.11 Å². The van der Waals surface area contributed by atoms with Crippen molar-refractivity contribution in [2.24, 2.45) is 0 Å². The molecule has 0 saturated heterocycles. The lowest BCUT2D eigenvalue weighted by Gasteiger charge is -2.13. The molecule has 0 atom stereocenters. The van der Waals surface area contributed by atoms with Gasteiger partial charge in [0.05, 0.1) is 0 Å². The lowest BCUT2D eigenvalue weighted by molar-refractivity contribution is 1.14. The fourth-order valence-corrected chi connectivity index (χ4v) is 2.48. The first kappa shape index (κ1) is 15.3. The summed E-state index contributed by atoms with van der Waals surface area (Å²) < 4.78 is 1.04.